The topological polar surface area (TPSA) is 316 Å². The molecule has 0 spiro atoms. The van der Waals surface area contributed by atoms with Crippen molar-refractivity contribution in [3.05, 3.63) is 55.3 Å². The van der Waals surface area contributed by atoms with Crippen LogP contribution in [0.1, 0.15) is 64.9 Å². The van der Waals surface area contributed by atoms with Crippen LogP contribution in [0.15, 0.2) is 33.9 Å². The number of hydrogen-bond acceptors (Lipinski definition) is 19. The zero-order valence-corrected chi connectivity index (χ0v) is 39.0. The molecule has 0 unspecified atom stereocenters. The third kappa shape index (κ3) is 20.4. The van der Waals surface area contributed by atoms with Crippen LogP contribution in [0.5, 0.6) is 0 Å². The Balaban J connectivity index is 1.32. The molecular formula is C44H67ClN4O18. The number of ether oxygens (including phenoxy) is 7. The zero-order valence-electron chi connectivity index (χ0n) is 38.3. The SMILES string of the molecule is CC(C)(C)OC(=O)CCOCCOCCOCCOCCNc1c(NCCCCCCO[C@]2(C(=O)O)C[C@H](O)[C@@H](NC(=O)CO)[C@H]([C@H](O)[C@H](O)CNC(=O)Cc3ccc(Cl)cc3)O2)c(=O)c1=O. The van der Waals surface area contributed by atoms with E-state index < -0.39 is 90.1 Å². The van der Waals surface area contributed by atoms with Gasteiger partial charge in [-0.3, -0.25) is 24.0 Å². The van der Waals surface area contributed by atoms with Crippen LogP contribution in [0, 0.1) is 0 Å². The number of unbranched alkanes of at least 4 members (excludes halogenated alkanes) is 3. The second-order valence-electron chi connectivity index (χ2n) is 16.6. The summed E-state index contributed by atoms with van der Waals surface area (Å²) in [5, 5.41) is 63.6. The van der Waals surface area contributed by atoms with Crippen molar-refractivity contribution < 1.29 is 77.9 Å². The number of esters is 1. The summed E-state index contributed by atoms with van der Waals surface area (Å²) in [7, 11) is 0. The summed E-state index contributed by atoms with van der Waals surface area (Å²) in [6.07, 6.45) is -5.72. The molecule has 1 heterocycles. The van der Waals surface area contributed by atoms with Crippen LogP contribution in [-0.2, 0) is 58.8 Å². The number of benzene rings is 1. The van der Waals surface area contributed by atoms with Gasteiger partial charge in [0.2, 0.25) is 11.8 Å². The number of aliphatic hydroxyl groups excluding tert-OH is 4. The van der Waals surface area contributed by atoms with Gasteiger partial charge >= 0.3 is 11.9 Å². The minimum Gasteiger partial charge on any atom is -0.477 e. The predicted molar refractivity (Wildman–Crippen MR) is 242 cm³/mol. The van der Waals surface area contributed by atoms with Gasteiger partial charge in [0.15, 0.2) is 0 Å². The molecule has 378 valence electrons. The molecule has 2 amide bonds. The van der Waals surface area contributed by atoms with Crippen molar-refractivity contribution in [2.24, 2.45) is 0 Å². The van der Waals surface area contributed by atoms with Crippen LogP contribution in [0.25, 0.3) is 0 Å². The lowest BCUT2D eigenvalue weighted by Crippen LogP contribution is -2.68. The summed E-state index contributed by atoms with van der Waals surface area (Å²) in [6, 6.07) is 4.99. The van der Waals surface area contributed by atoms with Gasteiger partial charge in [-0.2, -0.15) is 0 Å². The van der Waals surface area contributed by atoms with Crippen LogP contribution in [0.2, 0.25) is 5.02 Å². The molecule has 0 aromatic heterocycles. The van der Waals surface area contributed by atoms with Crippen LogP contribution in [0.3, 0.4) is 0 Å². The van der Waals surface area contributed by atoms with E-state index in [2.05, 4.69) is 21.3 Å². The standard InChI is InChI=1S/C44H67ClN4O18/c1-43(2,3)66-34(55)12-16-61-18-20-63-22-23-64-21-19-62-17-14-47-37-36(39(57)40(37)58)46-13-6-4-5-7-15-65-44(42(59)60)25-30(51)35(49-33(54)27-50)41(67-44)38(56)31(52)26-48-32(53)24-28-8-10-29(45)11-9-28/h8-11,30-31,35,38,41,46-47,50-52,56H,4-7,12-27H2,1-3H3,(H,48,53)(H,49,54)(H,59,60)/t30-,31+,35+,38+,41+,44+/m0/s1. The molecule has 3 rings (SSSR count). The van der Waals surface area contributed by atoms with Gasteiger partial charge in [-0.1, -0.05) is 36.6 Å². The molecule has 1 saturated heterocycles. The molecule has 1 aliphatic rings. The molecule has 1 aliphatic heterocycles. The van der Waals surface area contributed by atoms with Crippen molar-refractivity contribution >= 4 is 46.7 Å². The lowest BCUT2D eigenvalue weighted by molar-refractivity contribution is -0.310. The second-order valence-corrected chi connectivity index (χ2v) is 17.1. The summed E-state index contributed by atoms with van der Waals surface area (Å²) < 4.78 is 38.4. The van der Waals surface area contributed by atoms with Gasteiger partial charge in [-0.25, -0.2) is 4.79 Å². The average molecular weight is 975 g/mol. The molecule has 0 aliphatic carbocycles. The number of halogens is 1. The quantitative estimate of drug-likeness (QED) is 0.0245. The van der Waals surface area contributed by atoms with Gasteiger partial charge < -0.3 is 80.0 Å². The van der Waals surface area contributed by atoms with E-state index in [-0.39, 0.29) is 56.6 Å². The van der Waals surface area contributed by atoms with E-state index in [1.165, 1.54) is 0 Å². The number of carbonyl (C=O) groups is 4. The van der Waals surface area contributed by atoms with E-state index in [0.717, 1.165) is 0 Å². The number of carbonyl (C=O) groups excluding carboxylic acids is 3. The summed E-state index contributed by atoms with van der Waals surface area (Å²) in [5.41, 5.74) is -0.831. The summed E-state index contributed by atoms with van der Waals surface area (Å²) in [5.74, 6) is -5.95. The third-order valence-electron chi connectivity index (χ3n) is 10.0. The fourth-order valence-corrected chi connectivity index (χ4v) is 6.80. The number of carboxylic acid groups (broad SMARTS) is 1. The molecule has 2 aromatic rings. The van der Waals surface area contributed by atoms with E-state index in [1.54, 1.807) is 45.0 Å². The Bertz CT molecular complexity index is 1890. The molecule has 23 heteroatoms. The maximum atomic E-state index is 12.6. The number of nitrogens with one attached hydrogen (secondary N) is 4. The molecule has 67 heavy (non-hydrogen) atoms. The van der Waals surface area contributed by atoms with Crippen LogP contribution < -0.4 is 32.1 Å². The molecule has 0 bridgehead atoms. The molecule has 0 radical (unpaired) electrons. The van der Waals surface area contributed by atoms with Gasteiger partial charge in [0, 0.05) is 31.1 Å². The Morgan fingerprint density at radius 3 is 1.96 bits per heavy atom. The maximum absolute atomic E-state index is 12.6. The normalized spacial score (nSPS) is 19.4. The predicted octanol–water partition coefficient (Wildman–Crippen LogP) is -0.376. The minimum atomic E-state index is -2.50. The number of carboxylic acids is 1. The summed E-state index contributed by atoms with van der Waals surface area (Å²) in [6.45, 7) is 6.90. The smallest absolute Gasteiger partial charge is 0.364 e. The van der Waals surface area contributed by atoms with Crippen LogP contribution in [-0.4, -0.2) is 177 Å². The molecule has 6 atom stereocenters. The maximum Gasteiger partial charge on any atom is 0.364 e. The molecule has 2 aromatic carbocycles. The lowest BCUT2D eigenvalue weighted by atomic mass is 9.88. The average Bonchev–Trinajstić information content (AvgIpc) is 3.28. The fraction of sp³-hybridized carbons (Fsp3) is 0.682. The number of aliphatic carboxylic acids is 1. The molecule has 22 nitrogen and oxygen atoms in total. The molecule has 0 saturated carbocycles. The molecule has 9 N–H and O–H groups in total. The highest BCUT2D eigenvalue weighted by molar-refractivity contribution is 6.30. The highest BCUT2D eigenvalue weighted by Crippen LogP contribution is 2.34. The highest BCUT2D eigenvalue weighted by Gasteiger charge is 2.55. The first kappa shape index (κ1) is 57.0. The second kappa shape index (κ2) is 29.5. The van der Waals surface area contributed by atoms with Crippen LogP contribution in [0.4, 0.5) is 11.4 Å². The number of amides is 2. The zero-order chi connectivity index (χ0) is 49.4. The van der Waals surface area contributed by atoms with E-state index in [0.29, 0.717) is 82.5 Å². The van der Waals surface area contributed by atoms with Crippen molar-refractivity contribution in [2.75, 3.05) is 96.3 Å². The van der Waals surface area contributed by atoms with Crippen molar-refractivity contribution in [1.82, 2.24) is 10.6 Å². The largest absolute Gasteiger partial charge is 0.477 e. The van der Waals surface area contributed by atoms with Gasteiger partial charge in [0.25, 0.3) is 16.6 Å². The number of aliphatic hydroxyl groups is 4. The highest BCUT2D eigenvalue weighted by atomic mass is 35.5. The van der Waals surface area contributed by atoms with E-state index in [9.17, 15) is 54.3 Å². The third-order valence-corrected chi connectivity index (χ3v) is 10.3. The van der Waals surface area contributed by atoms with Gasteiger partial charge in [0.1, 0.15) is 35.8 Å². The van der Waals surface area contributed by atoms with E-state index in [4.69, 9.17) is 44.8 Å². The van der Waals surface area contributed by atoms with Crippen molar-refractivity contribution in [2.45, 2.75) is 108 Å². The first-order chi connectivity index (χ1) is 31.9. The number of anilines is 2. The minimum absolute atomic E-state index is 0.0759. The van der Waals surface area contributed by atoms with Crippen molar-refractivity contribution in [1.29, 1.82) is 0 Å². The first-order valence-corrected chi connectivity index (χ1v) is 22.6. The van der Waals surface area contributed by atoms with Gasteiger partial charge in [0.05, 0.1) is 90.6 Å². The van der Waals surface area contributed by atoms with E-state index >= 15 is 0 Å². The first-order valence-electron chi connectivity index (χ1n) is 22.2. The molecular weight excluding hydrogens is 908 g/mol. The number of hydrogen-bond donors (Lipinski definition) is 9. The summed E-state index contributed by atoms with van der Waals surface area (Å²) in [4.78, 5) is 73.2. The monoisotopic (exact) mass is 974 g/mol. The Kier molecular flexibility index (Phi) is 25.1. The fourth-order valence-electron chi connectivity index (χ4n) is 6.67. The Morgan fingerprint density at radius 2 is 1.37 bits per heavy atom. The summed E-state index contributed by atoms with van der Waals surface area (Å²) >= 11 is 5.88. The van der Waals surface area contributed by atoms with Gasteiger partial charge in [-0.15, -0.1) is 0 Å². The molecule has 1 fully saturated rings. The Hall–Kier alpha value is -4.33. The van der Waals surface area contributed by atoms with Crippen LogP contribution >= 0.6 is 11.6 Å². The lowest BCUT2D eigenvalue weighted by Gasteiger charge is -2.46. The van der Waals surface area contributed by atoms with E-state index in [1.807, 2.05) is 0 Å². The Morgan fingerprint density at radius 1 is 0.806 bits per heavy atom. The van der Waals surface area contributed by atoms with Crippen molar-refractivity contribution in [3.63, 3.8) is 0 Å². The Labute approximate surface area is 393 Å². The number of rotatable bonds is 34. The van der Waals surface area contributed by atoms with Gasteiger partial charge in [-0.05, 0) is 51.3 Å². The van der Waals surface area contributed by atoms with Crippen molar-refractivity contribution in [3.8, 4) is 0 Å².